The lowest BCUT2D eigenvalue weighted by molar-refractivity contribution is 0.572. The van der Waals surface area contributed by atoms with Crippen LogP contribution in [0.3, 0.4) is 0 Å². The molecule has 0 fully saturated rings. The van der Waals surface area contributed by atoms with Crippen LogP contribution in [0.4, 0.5) is 0 Å². The van der Waals surface area contributed by atoms with Crippen molar-refractivity contribution < 1.29 is 0 Å². The molecule has 1 nitrogen and oxygen atoms in total. The van der Waals surface area contributed by atoms with E-state index >= 15 is 0 Å². The van der Waals surface area contributed by atoms with Gasteiger partial charge in [0.2, 0.25) is 0 Å². The molecule has 2 aromatic carbocycles. The molecule has 1 atom stereocenters. The zero-order valence-corrected chi connectivity index (χ0v) is 13.3. The molecule has 0 bridgehead atoms. The van der Waals surface area contributed by atoms with E-state index in [1.807, 2.05) is 12.1 Å². The normalized spacial score (nSPS) is 15.5. The minimum Gasteiger partial charge on any atom is -0.306 e. The summed E-state index contributed by atoms with van der Waals surface area (Å²) in [5.41, 5.74) is 5.77. The molecule has 2 aromatic rings. The Bertz CT molecular complexity index is 603. The molecule has 21 heavy (non-hydrogen) atoms. The molecule has 3 rings (SSSR count). The van der Waals surface area contributed by atoms with Crippen molar-refractivity contribution in [2.75, 3.05) is 0 Å². The Kier molecular flexibility index (Phi) is 4.62. The molecule has 0 heterocycles. The lowest BCUT2D eigenvalue weighted by atomic mass is 9.89. The highest BCUT2D eigenvalue weighted by Gasteiger charge is 2.12. The van der Waals surface area contributed by atoms with Crippen LogP contribution in [0.2, 0.25) is 5.02 Å². The van der Waals surface area contributed by atoms with Gasteiger partial charge in [-0.1, -0.05) is 41.9 Å². The number of hydrogen-bond acceptors (Lipinski definition) is 1. The molecule has 1 aliphatic rings. The van der Waals surface area contributed by atoms with E-state index in [0.29, 0.717) is 6.04 Å². The lowest BCUT2D eigenvalue weighted by Crippen LogP contribution is -2.18. The predicted molar refractivity (Wildman–Crippen MR) is 89.8 cm³/mol. The van der Waals surface area contributed by atoms with Crippen molar-refractivity contribution in [3.63, 3.8) is 0 Å². The maximum atomic E-state index is 5.92. The number of aryl methyl sites for hydroxylation is 2. The zero-order valence-electron chi connectivity index (χ0n) is 12.5. The van der Waals surface area contributed by atoms with Gasteiger partial charge in [-0.25, -0.2) is 0 Å². The molecule has 0 spiro atoms. The highest BCUT2D eigenvalue weighted by molar-refractivity contribution is 6.30. The lowest BCUT2D eigenvalue weighted by Gasteiger charge is -2.20. The highest BCUT2D eigenvalue weighted by atomic mass is 35.5. The maximum absolute atomic E-state index is 5.92. The van der Waals surface area contributed by atoms with Crippen molar-refractivity contribution >= 4 is 11.6 Å². The molecule has 0 saturated carbocycles. The first kappa shape index (κ1) is 14.6. The number of benzene rings is 2. The third-order valence-corrected chi connectivity index (χ3v) is 4.65. The van der Waals surface area contributed by atoms with Gasteiger partial charge >= 0.3 is 0 Å². The zero-order chi connectivity index (χ0) is 14.7. The molecule has 1 aliphatic carbocycles. The second-order valence-electron chi connectivity index (χ2n) is 5.96. The first-order valence-corrected chi connectivity index (χ1v) is 8.20. The molecular formula is C19H22ClN. The molecule has 0 amide bonds. The molecular weight excluding hydrogens is 278 g/mol. The van der Waals surface area contributed by atoms with Crippen LogP contribution in [0.1, 0.15) is 48.1 Å². The van der Waals surface area contributed by atoms with E-state index in [9.17, 15) is 0 Å². The summed E-state index contributed by atoms with van der Waals surface area (Å²) in [4.78, 5) is 0. The van der Waals surface area contributed by atoms with E-state index in [-0.39, 0.29) is 0 Å². The summed E-state index contributed by atoms with van der Waals surface area (Å²) in [6.45, 7) is 3.11. The predicted octanol–water partition coefficient (Wildman–Crippen LogP) is 5.07. The number of hydrogen-bond donors (Lipinski definition) is 1. The average Bonchev–Trinajstić information content (AvgIpc) is 2.53. The van der Waals surface area contributed by atoms with Crippen LogP contribution in [0.25, 0.3) is 0 Å². The summed E-state index contributed by atoms with van der Waals surface area (Å²) in [6.07, 6.45) is 5.18. The van der Waals surface area contributed by atoms with Crippen molar-refractivity contribution in [1.29, 1.82) is 0 Å². The van der Waals surface area contributed by atoms with Gasteiger partial charge in [-0.15, -0.1) is 0 Å². The summed E-state index contributed by atoms with van der Waals surface area (Å²) in [7, 11) is 0. The second kappa shape index (κ2) is 6.64. The van der Waals surface area contributed by atoms with E-state index in [1.165, 1.54) is 36.8 Å². The largest absolute Gasteiger partial charge is 0.306 e. The fourth-order valence-corrected chi connectivity index (χ4v) is 3.14. The number of fused-ring (bicyclic) bond motifs is 1. The number of rotatable bonds is 4. The van der Waals surface area contributed by atoms with E-state index in [1.54, 1.807) is 11.1 Å². The first-order valence-electron chi connectivity index (χ1n) is 7.82. The molecule has 0 aromatic heterocycles. The minimum atomic E-state index is 0.368. The molecule has 0 aliphatic heterocycles. The van der Waals surface area contributed by atoms with E-state index in [2.05, 4.69) is 42.6 Å². The van der Waals surface area contributed by atoms with Crippen LogP contribution in [0.5, 0.6) is 0 Å². The Morgan fingerprint density at radius 1 is 1.00 bits per heavy atom. The minimum absolute atomic E-state index is 0.368. The molecule has 1 N–H and O–H groups in total. The van der Waals surface area contributed by atoms with Crippen LogP contribution in [-0.2, 0) is 19.4 Å². The van der Waals surface area contributed by atoms with Crippen molar-refractivity contribution in [2.24, 2.45) is 0 Å². The Morgan fingerprint density at radius 3 is 2.48 bits per heavy atom. The van der Waals surface area contributed by atoms with Crippen LogP contribution < -0.4 is 5.32 Å². The number of halogens is 1. The fourth-order valence-electron chi connectivity index (χ4n) is 3.01. The Morgan fingerprint density at radius 2 is 1.71 bits per heavy atom. The Balaban J connectivity index is 1.65. The van der Waals surface area contributed by atoms with Crippen LogP contribution in [0.15, 0.2) is 42.5 Å². The maximum Gasteiger partial charge on any atom is 0.0406 e. The summed E-state index contributed by atoms with van der Waals surface area (Å²) in [5, 5.41) is 4.39. The third-order valence-electron chi connectivity index (χ3n) is 4.40. The second-order valence-corrected chi connectivity index (χ2v) is 6.40. The van der Waals surface area contributed by atoms with Gasteiger partial charge in [0.1, 0.15) is 0 Å². The Labute approximate surface area is 132 Å². The number of nitrogens with one attached hydrogen (secondary N) is 1. The van der Waals surface area contributed by atoms with Crippen molar-refractivity contribution in [3.05, 3.63) is 69.7 Å². The average molecular weight is 300 g/mol. The van der Waals surface area contributed by atoms with Gasteiger partial charge in [0.05, 0.1) is 0 Å². The fraction of sp³-hybridized carbons (Fsp3) is 0.368. The van der Waals surface area contributed by atoms with Gasteiger partial charge < -0.3 is 5.32 Å². The van der Waals surface area contributed by atoms with Crippen molar-refractivity contribution in [3.8, 4) is 0 Å². The smallest absolute Gasteiger partial charge is 0.0406 e. The molecule has 110 valence electrons. The topological polar surface area (TPSA) is 12.0 Å². The first-order chi connectivity index (χ1) is 10.2. The van der Waals surface area contributed by atoms with Crippen LogP contribution in [0, 0.1) is 0 Å². The Hall–Kier alpha value is -1.31. The van der Waals surface area contributed by atoms with Gasteiger partial charge in [-0.05, 0) is 67.0 Å². The van der Waals surface area contributed by atoms with E-state index in [4.69, 9.17) is 11.6 Å². The summed E-state index contributed by atoms with van der Waals surface area (Å²) in [5.74, 6) is 0. The molecule has 2 heteroatoms. The monoisotopic (exact) mass is 299 g/mol. The SMILES string of the molecule is CC(NCc1ccc(Cl)cc1)c1ccc2c(c1)CCCC2. The van der Waals surface area contributed by atoms with E-state index in [0.717, 1.165) is 11.6 Å². The summed E-state index contributed by atoms with van der Waals surface area (Å²) in [6, 6.07) is 15.4. The van der Waals surface area contributed by atoms with E-state index < -0.39 is 0 Å². The van der Waals surface area contributed by atoms with Gasteiger partial charge in [0.15, 0.2) is 0 Å². The van der Waals surface area contributed by atoms with Crippen LogP contribution in [-0.4, -0.2) is 0 Å². The molecule has 0 radical (unpaired) electrons. The van der Waals surface area contributed by atoms with Gasteiger partial charge in [-0.2, -0.15) is 0 Å². The third kappa shape index (κ3) is 3.66. The molecule has 0 saturated heterocycles. The summed E-state index contributed by atoms with van der Waals surface area (Å²) >= 11 is 5.92. The quantitative estimate of drug-likeness (QED) is 0.831. The van der Waals surface area contributed by atoms with Gasteiger partial charge in [0, 0.05) is 17.6 Å². The van der Waals surface area contributed by atoms with Crippen LogP contribution >= 0.6 is 11.6 Å². The standard InChI is InChI=1S/C19H22ClN/c1-14(21-13-15-6-10-19(20)11-7-15)17-9-8-16-4-2-3-5-18(16)12-17/h6-12,14,21H,2-5,13H2,1H3. The van der Waals surface area contributed by atoms with Crippen molar-refractivity contribution in [2.45, 2.75) is 45.2 Å². The molecule has 1 unspecified atom stereocenters. The van der Waals surface area contributed by atoms with Gasteiger partial charge in [-0.3, -0.25) is 0 Å². The highest BCUT2D eigenvalue weighted by Crippen LogP contribution is 2.25. The van der Waals surface area contributed by atoms with Crippen molar-refractivity contribution in [1.82, 2.24) is 5.32 Å². The van der Waals surface area contributed by atoms with Gasteiger partial charge in [0.25, 0.3) is 0 Å². The summed E-state index contributed by atoms with van der Waals surface area (Å²) < 4.78 is 0.